The number of fused-ring (bicyclic) bond motifs is 6. The lowest BCUT2D eigenvalue weighted by atomic mass is 9.86. The van der Waals surface area contributed by atoms with Crippen LogP contribution in [-0.4, -0.2) is 0 Å². The SMILES string of the molecule is CC(C)=c1cc(C(C)C)c(=C(C)C)cc1C(C)C.CC(C)=c1cc2cc(C(C)C)c(=C(C)C)cc2cc1C(C)C.CC(C)=c1cc2cc3cc(C(C)C)c(=C(C)C)cc3cc2cc1C(C)C.CC(C)=c1ccc2c(C(C)C)c(=C(C)C)ccc2c1C(C)C.CC(C)=c1ccc2cc3c(C(C)C)c(=C(C)C)ccc3cc2c1C(C)C. The lowest BCUT2D eigenvalue weighted by Gasteiger charge is -2.18. The number of rotatable bonds is 10. The van der Waals surface area contributed by atoms with Gasteiger partial charge in [0.05, 0.1) is 0 Å². The highest BCUT2D eigenvalue weighted by Gasteiger charge is 2.19. The zero-order valence-corrected chi connectivity index (χ0v) is 79.5. The van der Waals surface area contributed by atoms with Gasteiger partial charge in [-0.05, 0) is 419 Å². The Hall–Kier alpha value is -8.32. The summed E-state index contributed by atoms with van der Waals surface area (Å²) in [5.74, 6) is 5.41. The number of hydrogen-bond donors (Lipinski definition) is 0. The molecule has 0 heterocycles. The number of hydrogen-bond acceptors (Lipinski definition) is 0. The van der Waals surface area contributed by atoms with E-state index in [-0.39, 0.29) is 0 Å². The van der Waals surface area contributed by atoms with E-state index in [1.807, 2.05) is 0 Å². The van der Waals surface area contributed by atoms with Crippen molar-refractivity contribution in [2.75, 3.05) is 0 Å². The first kappa shape index (κ1) is 92.8. The van der Waals surface area contributed by atoms with Gasteiger partial charge in [-0.2, -0.15) is 0 Å². The van der Waals surface area contributed by atoms with Crippen LogP contribution in [0.3, 0.4) is 0 Å². The van der Waals surface area contributed by atoms with E-state index in [0.29, 0.717) is 59.2 Å². The van der Waals surface area contributed by atoms with Crippen LogP contribution in [0.2, 0.25) is 0 Å². The van der Waals surface area contributed by atoms with Gasteiger partial charge in [0.2, 0.25) is 0 Å². The molecule has 0 spiro atoms. The molecule has 0 radical (unpaired) electrons. The fraction of sp³-hybridized carbons (Fsp3) is 0.439. The molecular formula is C114H152. The van der Waals surface area contributed by atoms with Gasteiger partial charge in [-0.1, -0.05) is 279 Å². The average Bonchev–Trinajstić information content (AvgIpc) is 0.752. The summed E-state index contributed by atoms with van der Waals surface area (Å²) in [6.45, 7) is 90.2. The van der Waals surface area contributed by atoms with Gasteiger partial charge in [-0.25, -0.2) is 0 Å². The van der Waals surface area contributed by atoms with Crippen molar-refractivity contribution in [3.8, 4) is 0 Å². The van der Waals surface area contributed by atoms with Crippen molar-refractivity contribution in [1.82, 2.24) is 0 Å². The largest absolute Gasteiger partial charge is 0.0689 e. The van der Waals surface area contributed by atoms with E-state index in [1.165, 1.54) is 228 Å². The van der Waals surface area contributed by atoms with Crippen molar-refractivity contribution < 1.29 is 0 Å². The lowest BCUT2D eigenvalue weighted by Crippen LogP contribution is -2.23. The fourth-order valence-corrected chi connectivity index (χ4v) is 17.5. The Morgan fingerprint density at radius 1 is 0.140 bits per heavy atom. The first-order chi connectivity index (χ1) is 53.1. The minimum absolute atomic E-state index is 0.510. The highest BCUT2D eigenvalue weighted by atomic mass is 14.2. The summed E-state index contributed by atoms with van der Waals surface area (Å²) in [4.78, 5) is 0. The van der Waals surface area contributed by atoms with Crippen LogP contribution in [0.25, 0.3) is 120 Å². The minimum atomic E-state index is 0.510. The zero-order valence-electron chi connectivity index (χ0n) is 79.5. The lowest BCUT2D eigenvalue weighted by molar-refractivity contribution is 0.828. The predicted octanol–water partition coefficient (Wildman–Crippen LogP) is 28.5. The van der Waals surface area contributed by atoms with Gasteiger partial charge in [0.25, 0.3) is 0 Å². The summed E-state index contributed by atoms with van der Waals surface area (Å²) < 4.78 is 0. The molecule has 0 fully saturated rings. The zero-order chi connectivity index (χ0) is 85.6. The molecule has 0 aliphatic heterocycles. The Kier molecular flexibility index (Phi) is 31.8. The van der Waals surface area contributed by atoms with Gasteiger partial charge in [0.1, 0.15) is 0 Å². The van der Waals surface area contributed by atoms with Crippen molar-refractivity contribution in [3.63, 3.8) is 0 Å². The summed E-state index contributed by atoms with van der Waals surface area (Å²) in [5, 5.41) is 30.7. The third-order valence-electron chi connectivity index (χ3n) is 23.5. The van der Waals surface area contributed by atoms with Gasteiger partial charge in [-0.3, -0.25) is 0 Å². The highest BCUT2D eigenvalue weighted by Crippen LogP contribution is 2.34. The van der Waals surface area contributed by atoms with E-state index in [1.54, 1.807) is 0 Å². The molecule has 11 aromatic carbocycles. The summed E-state index contributed by atoms with van der Waals surface area (Å²) in [5.41, 5.74) is 28.8. The monoisotopic (exact) mass is 1520 g/mol. The molecule has 0 nitrogen and oxygen atoms in total. The summed E-state index contributed by atoms with van der Waals surface area (Å²) in [6.07, 6.45) is 0. The molecule has 0 aromatic heterocycles. The van der Waals surface area contributed by atoms with Gasteiger partial charge < -0.3 is 0 Å². The molecule has 0 aliphatic carbocycles. The second-order valence-corrected chi connectivity index (χ2v) is 38.7. The van der Waals surface area contributed by atoms with Crippen LogP contribution in [0, 0.1) is 0 Å². The van der Waals surface area contributed by atoms with Crippen molar-refractivity contribution in [3.05, 3.63) is 241 Å². The van der Waals surface area contributed by atoms with Crippen LogP contribution in [0.4, 0.5) is 0 Å². The first-order valence-corrected chi connectivity index (χ1v) is 43.7. The van der Waals surface area contributed by atoms with E-state index in [9.17, 15) is 0 Å². The molecule has 0 saturated heterocycles. The van der Waals surface area contributed by atoms with Crippen LogP contribution in [0.15, 0.2) is 133 Å². The predicted molar refractivity (Wildman–Crippen MR) is 522 cm³/mol. The topological polar surface area (TPSA) is 0 Å². The third-order valence-corrected chi connectivity index (χ3v) is 23.5. The van der Waals surface area contributed by atoms with Crippen molar-refractivity contribution in [2.45, 2.75) is 336 Å². The second kappa shape index (κ2) is 39.1. The van der Waals surface area contributed by atoms with Crippen molar-refractivity contribution >= 4 is 120 Å². The normalized spacial score (nSPS) is 11.6. The maximum Gasteiger partial charge on any atom is -0.0137 e. The molecule has 11 aromatic rings. The van der Waals surface area contributed by atoms with Crippen LogP contribution in [0.1, 0.15) is 392 Å². The van der Waals surface area contributed by atoms with Crippen LogP contribution in [-0.2, 0) is 0 Å². The Morgan fingerprint density at radius 2 is 0.307 bits per heavy atom. The van der Waals surface area contributed by atoms with E-state index < -0.39 is 0 Å². The Morgan fingerprint density at radius 3 is 0.500 bits per heavy atom. The van der Waals surface area contributed by atoms with Gasteiger partial charge in [0, 0.05) is 0 Å². The van der Waals surface area contributed by atoms with E-state index in [2.05, 4.69) is 410 Å². The molecule has 0 aliphatic rings. The van der Waals surface area contributed by atoms with Crippen LogP contribution in [0.5, 0.6) is 0 Å². The molecule has 11 rings (SSSR count). The van der Waals surface area contributed by atoms with Gasteiger partial charge in [-0.15, -0.1) is 0 Å². The molecule has 608 valence electrons. The molecule has 0 bridgehead atoms. The smallest absolute Gasteiger partial charge is 0.0137 e. The molecular weight excluding hydrogens is 1370 g/mol. The standard InChI is InChI=1S/2C26H32.2C22H30.C18H28/c1-15(2)23-11-19-9-21-13-25(17(5)6)26(18(7)8)14-22(21)10-20(19)12-24(23)16(3)4;1-15(2)21-11-9-19-14-24-20(13-23(19)25(21)17(5)6)10-12-22(16(3)4)26(24)18(7)8;1-13(2)19-9-17-11-21(15(5)6)22(16(7)8)12-18(17)10-20(19)14(3)4;1-13(2)17-9-11-20-19(21(17)15(5)6)12-10-18(14(3)4)22(20)16(7)8;1-11(2)15-9-17(13(5)6)18(14(7)8)10-16(15)12(3)4/h9-15,18H,1-8H3;9-14,17-18H,1-8H3;9-13,16H,1-8H3;9-12,15-16H,1-8H3;9-11,14H,1-8H3. The minimum Gasteiger partial charge on any atom is -0.0689 e. The van der Waals surface area contributed by atoms with E-state index in [0.717, 1.165) is 0 Å². The van der Waals surface area contributed by atoms with Crippen LogP contribution >= 0.6 is 0 Å². The molecule has 0 amide bonds. The van der Waals surface area contributed by atoms with Crippen molar-refractivity contribution in [1.29, 1.82) is 0 Å². The van der Waals surface area contributed by atoms with Crippen molar-refractivity contribution in [2.24, 2.45) is 0 Å². The van der Waals surface area contributed by atoms with Gasteiger partial charge >= 0.3 is 0 Å². The van der Waals surface area contributed by atoms with E-state index >= 15 is 0 Å². The average molecular weight is 1520 g/mol. The molecule has 0 unspecified atom stereocenters. The van der Waals surface area contributed by atoms with Gasteiger partial charge in [0.15, 0.2) is 0 Å². The maximum absolute atomic E-state index is 2.42. The van der Waals surface area contributed by atoms with E-state index in [4.69, 9.17) is 0 Å². The Bertz CT molecular complexity index is 5660. The third kappa shape index (κ3) is 21.1. The molecule has 0 heteroatoms. The highest BCUT2D eigenvalue weighted by molar-refractivity contribution is 6.02. The quantitative estimate of drug-likeness (QED) is 0.120. The van der Waals surface area contributed by atoms with Crippen LogP contribution < -0.4 is 52.2 Å². The molecule has 114 heavy (non-hydrogen) atoms. The molecule has 0 N–H and O–H groups in total. The molecule has 0 saturated carbocycles. The summed E-state index contributed by atoms with van der Waals surface area (Å²) in [6, 6.07) is 52.2. The Balaban J connectivity index is 0.000000199. The second-order valence-electron chi connectivity index (χ2n) is 38.7. The summed E-state index contributed by atoms with van der Waals surface area (Å²) in [7, 11) is 0. The first-order valence-electron chi connectivity index (χ1n) is 43.7. The molecule has 0 atom stereocenters. The Labute approximate surface area is 693 Å². The number of benzene rings is 11. The maximum atomic E-state index is 2.42. The summed E-state index contributed by atoms with van der Waals surface area (Å²) >= 11 is 0. The fourth-order valence-electron chi connectivity index (χ4n) is 17.5.